The van der Waals surface area contributed by atoms with Crippen molar-refractivity contribution in [3.63, 3.8) is 0 Å². The number of hydrogen-bond donors (Lipinski definition) is 1. The minimum atomic E-state index is -4.35. The first kappa shape index (κ1) is 16.0. The molecule has 1 N–H and O–H groups in total. The van der Waals surface area contributed by atoms with Gasteiger partial charge in [-0.1, -0.05) is 35.3 Å². The Bertz CT molecular complexity index is 654. The van der Waals surface area contributed by atoms with Crippen molar-refractivity contribution in [1.82, 2.24) is 0 Å². The van der Waals surface area contributed by atoms with E-state index in [-0.39, 0.29) is 6.54 Å². The third kappa shape index (κ3) is 4.05. The van der Waals surface area contributed by atoms with Gasteiger partial charge in [-0.25, -0.2) is 0 Å². The first-order valence-corrected chi connectivity index (χ1v) is 6.88. The summed E-state index contributed by atoms with van der Waals surface area (Å²) < 4.78 is 37.9. The van der Waals surface area contributed by atoms with Crippen LogP contribution in [-0.4, -0.2) is 0 Å². The zero-order chi connectivity index (χ0) is 15.6. The molecular formula is C15H12Cl2F3N. The van der Waals surface area contributed by atoms with Crippen LogP contribution in [0.1, 0.15) is 16.7 Å². The summed E-state index contributed by atoms with van der Waals surface area (Å²) in [5.41, 5.74) is 1.27. The van der Waals surface area contributed by atoms with E-state index in [0.29, 0.717) is 21.3 Å². The van der Waals surface area contributed by atoms with Gasteiger partial charge in [-0.05, 0) is 42.3 Å². The first-order valence-electron chi connectivity index (χ1n) is 6.13. The summed E-state index contributed by atoms with van der Waals surface area (Å²) in [6.07, 6.45) is -4.35. The zero-order valence-corrected chi connectivity index (χ0v) is 12.6. The van der Waals surface area contributed by atoms with E-state index in [2.05, 4.69) is 5.32 Å². The Labute approximate surface area is 130 Å². The molecule has 2 rings (SSSR count). The summed E-state index contributed by atoms with van der Waals surface area (Å²) in [4.78, 5) is 0. The molecule has 0 amide bonds. The highest BCUT2D eigenvalue weighted by molar-refractivity contribution is 6.35. The molecule has 1 nitrogen and oxygen atoms in total. The van der Waals surface area contributed by atoms with Crippen molar-refractivity contribution < 1.29 is 13.2 Å². The molecule has 0 bridgehead atoms. The predicted molar refractivity (Wildman–Crippen MR) is 80.0 cm³/mol. The van der Waals surface area contributed by atoms with E-state index >= 15 is 0 Å². The highest BCUT2D eigenvalue weighted by Gasteiger charge is 2.30. The van der Waals surface area contributed by atoms with Gasteiger partial charge < -0.3 is 5.32 Å². The van der Waals surface area contributed by atoms with E-state index in [1.165, 1.54) is 6.07 Å². The molecule has 0 unspecified atom stereocenters. The van der Waals surface area contributed by atoms with Gasteiger partial charge in [-0.2, -0.15) is 13.2 Å². The lowest BCUT2D eigenvalue weighted by molar-refractivity contribution is -0.137. The number of nitrogens with one attached hydrogen (secondary N) is 1. The van der Waals surface area contributed by atoms with Crippen LogP contribution in [-0.2, 0) is 12.7 Å². The Balaban J connectivity index is 2.15. The second kappa shape index (κ2) is 6.16. The van der Waals surface area contributed by atoms with E-state index in [4.69, 9.17) is 23.2 Å². The van der Waals surface area contributed by atoms with Crippen molar-refractivity contribution in [2.24, 2.45) is 0 Å². The molecule has 0 aliphatic heterocycles. The van der Waals surface area contributed by atoms with Gasteiger partial charge in [0.15, 0.2) is 0 Å². The molecule has 0 spiro atoms. The molecule has 112 valence electrons. The van der Waals surface area contributed by atoms with Gasteiger partial charge in [0.25, 0.3) is 0 Å². The fourth-order valence-corrected chi connectivity index (χ4v) is 2.29. The number of rotatable bonds is 3. The smallest absolute Gasteiger partial charge is 0.380 e. The van der Waals surface area contributed by atoms with Gasteiger partial charge in [-0.3, -0.25) is 0 Å². The number of aryl methyl sites for hydroxylation is 1. The minimum absolute atomic E-state index is 0.225. The molecule has 0 aromatic heterocycles. The number of anilines is 1. The average molecular weight is 334 g/mol. The number of benzene rings is 2. The lowest BCUT2D eigenvalue weighted by Crippen LogP contribution is -2.07. The fraction of sp³-hybridized carbons (Fsp3) is 0.200. The summed E-state index contributed by atoms with van der Waals surface area (Å²) in [5, 5.41) is 4.02. The topological polar surface area (TPSA) is 12.0 Å². The van der Waals surface area contributed by atoms with E-state index in [0.717, 1.165) is 17.7 Å². The highest BCUT2D eigenvalue weighted by atomic mass is 35.5. The van der Waals surface area contributed by atoms with E-state index in [9.17, 15) is 13.2 Å². The maximum absolute atomic E-state index is 12.6. The van der Waals surface area contributed by atoms with Crippen LogP contribution >= 0.6 is 23.2 Å². The van der Waals surface area contributed by atoms with Crippen LogP contribution in [0.3, 0.4) is 0 Å². The molecule has 0 atom stereocenters. The van der Waals surface area contributed by atoms with Crippen LogP contribution in [0.25, 0.3) is 0 Å². The van der Waals surface area contributed by atoms with Crippen molar-refractivity contribution in [2.75, 3.05) is 5.32 Å². The van der Waals surface area contributed by atoms with Crippen LogP contribution in [0.15, 0.2) is 36.4 Å². The second-order valence-electron chi connectivity index (χ2n) is 4.63. The summed E-state index contributed by atoms with van der Waals surface area (Å²) in [7, 11) is 0. The molecule has 2 aromatic carbocycles. The van der Waals surface area contributed by atoms with E-state index in [1.54, 1.807) is 18.2 Å². The maximum atomic E-state index is 12.6. The Morgan fingerprint density at radius 2 is 1.76 bits per heavy atom. The Morgan fingerprint density at radius 3 is 2.43 bits per heavy atom. The molecule has 0 aliphatic rings. The van der Waals surface area contributed by atoms with Crippen LogP contribution in [0.5, 0.6) is 0 Å². The van der Waals surface area contributed by atoms with Crippen molar-refractivity contribution in [3.8, 4) is 0 Å². The molecule has 2 aromatic rings. The quantitative estimate of drug-likeness (QED) is 0.733. The Hall–Kier alpha value is -1.39. The van der Waals surface area contributed by atoms with Crippen LogP contribution in [0, 0.1) is 6.92 Å². The summed E-state index contributed by atoms with van der Waals surface area (Å²) in [5.74, 6) is 0. The molecular weight excluding hydrogens is 322 g/mol. The summed E-state index contributed by atoms with van der Waals surface area (Å²) in [6, 6.07) is 8.51. The van der Waals surface area contributed by atoms with Gasteiger partial charge in [-0.15, -0.1) is 0 Å². The Morgan fingerprint density at radius 1 is 1.05 bits per heavy atom. The zero-order valence-electron chi connectivity index (χ0n) is 11.1. The van der Waals surface area contributed by atoms with Crippen LogP contribution < -0.4 is 5.32 Å². The predicted octanol–water partition coefficient (Wildman–Crippen LogP) is 5.93. The van der Waals surface area contributed by atoms with Gasteiger partial charge in [0.05, 0.1) is 16.3 Å². The standard InChI is InChI=1S/C15H12Cl2F3N/c1-9-5-13(17)14(7-12(9)16)21-8-10-3-2-4-11(6-10)15(18,19)20/h2-7,21H,8H2,1H3. The minimum Gasteiger partial charge on any atom is -0.380 e. The van der Waals surface area contributed by atoms with Crippen LogP contribution in [0.2, 0.25) is 10.0 Å². The van der Waals surface area contributed by atoms with Crippen molar-refractivity contribution >= 4 is 28.9 Å². The van der Waals surface area contributed by atoms with Gasteiger partial charge in [0.1, 0.15) is 0 Å². The van der Waals surface area contributed by atoms with Crippen LogP contribution in [0.4, 0.5) is 18.9 Å². The SMILES string of the molecule is Cc1cc(Cl)c(NCc2cccc(C(F)(F)F)c2)cc1Cl. The molecule has 0 saturated heterocycles. The third-order valence-corrected chi connectivity index (χ3v) is 3.71. The lowest BCUT2D eigenvalue weighted by Gasteiger charge is -2.12. The lowest BCUT2D eigenvalue weighted by atomic mass is 10.1. The van der Waals surface area contributed by atoms with Crippen molar-refractivity contribution in [3.05, 3.63) is 63.1 Å². The van der Waals surface area contributed by atoms with Crippen molar-refractivity contribution in [1.29, 1.82) is 0 Å². The summed E-state index contributed by atoms with van der Waals surface area (Å²) in [6.45, 7) is 2.05. The normalized spacial score (nSPS) is 11.5. The average Bonchev–Trinajstić information content (AvgIpc) is 2.41. The molecule has 0 aliphatic carbocycles. The number of alkyl halides is 3. The maximum Gasteiger partial charge on any atom is 0.416 e. The Kier molecular flexibility index (Phi) is 4.69. The van der Waals surface area contributed by atoms with Gasteiger partial charge in [0, 0.05) is 11.6 Å². The van der Waals surface area contributed by atoms with E-state index < -0.39 is 11.7 Å². The number of hydrogen-bond acceptors (Lipinski definition) is 1. The molecule has 0 fully saturated rings. The van der Waals surface area contributed by atoms with Crippen molar-refractivity contribution in [2.45, 2.75) is 19.6 Å². The monoisotopic (exact) mass is 333 g/mol. The third-order valence-electron chi connectivity index (χ3n) is 2.99. The fourth-order valence-electron chi connectivity index (χ4n) is 1.84. The van der Waals surface area contributed by atoms with E-state index in [1.807, 2.05) is 6.92 Å². The molecule has 0 heterocycles. The molecule has 6 heteroatoms. The summed E-state index contributed by atoms with van der Waals surface area (Å²) >= 11 is 12.1. The van der Waals surface area contributed by atoms with Gasteiger partial charge in [0.2, 0.25) is 0 Å². The first-order chi connectivity index (χ1) is 9.77. The van der Waals surface area contributed by atoms with Gasteiger partial charge >= 0.3 is 6.18 Å². The largest absolute Gasteiger partial charge is 0.416 e. The molecule has 0 saturated carbocycles. The number of halogens is 5. The molecule has 21 heavy (non-hydrogen) atoms. The highest BCUT2D eigenvalue weighted by Crippen LogP contribution is 2.31. The molecule has 0 radical (unpaired) electrons. The second-order valence-corrected chi connectivity index (χ2v) is 5.45.